The predicted molar refractivity (Wildman–Crippen MR) is 222 cm³/mol. The number of ether oxygens (including phenoxy) is 3. The van der Waals surface area contributed by atoms with Gasteiger partial charge >= 0.3 is 11.9 Å². The molecule has 0 saturated heterocycles. The van der Waals surface area contributed by atoms with Crippen molar-refractivity contribution in [3.05, 3.63) is 72.9 Å². The van der Waals surface area contributed by atoms with Crippen molar-refractivity contribution < 1.29 is 38.2 Å². The van der Waals surface area contributed by atoms with E-state index in [4.69, 9.17) is 14.2 Å². The summed E-state index contributed by atoms with van der Waals surface area (Å²) in [6, 6.07) is -0.739. The van der Waals surface area contributed by atoms with E-state index in [1.165, 1.54) is 38.5 Å². The SMILES string of the molecule is CC/C=C\C/C=C\C/C=C\C/C=C\C/C=C\CCCC(=O)OC(COCCC(C(=O)[O-])[N+](C)(C)C)COC(=O)CCCCCCC/C=C\CCCCCC. The number of unbranched alkanes of at least 4 members (excludes halogenated alkanes) is 10. The standard InChI is InChI=1S/C46H77NO7/c1-6-8-10-12-14-16-18-20-21-22-23-25-27-29-31-33-35-37-45(49)54-42(40-52-39-38-43(46(50)51)47(3,4)5)41-53-44(48)36-34-32-30-28-26-24-19-17-15-13-11-9-7-2/h8,10,14,16-17,19-21,23,25,29,31,42-43H,6-7,9,11-13,15,18,22,24,26-28,30,32-41H2,1-5H3/b10-8-,16-14-,19-17-,21-20-,25-23-,31-29-. The predicted octanol–water partition coefficient (Wildman–Crippen LogP) is 9.85. The molecule has 0 rings (SSSR count). The Kier molecular flexibility index (Phi) is 34.5. The van der Waals surface area contributed by atoms with Gasteiger partial charge in [-0.15, -0.1) is 0 Å². The second kappa shape index (κ2) is 36.7. The van der Waals surface area contributed by atoms with Crippen LogP contribution in [0, 0.1) is 0 Å². The third kappa shape index (κ3) is 34.5. The van der Waals surface area contributed by atoms with Crippen molar-refractivity contribution in [3.63, 3.8) is 0 Å². The Hall–Kier alpha value is -3.23. The van der Waals surface area contributed by atoms with Crippen molar-refractivity contribution in [1.29, 1.82) is 0 Å². The summed E-state index contributed by atoms with van der Waals surface area (Å²) in [5.41, 5.74) is 0. The number of aliphatic carboxylic acids is 1. The van der Waals surface area contributed by atoms with Crippen LogP contribution in [0.25, 0.3) is 0 Å². The Balaban J connectivity index is 4.51. The van der Waals surface area contributed by atoms with Gasteiger partial charge in [0.1, 0.15) is 12.6 Å². The molecule has 0 aromatic rings. The van der Waals surface area contributed by atoms with Crippen LogP contribution in [0.4, 0.5) is 0 Å². The summed E-state index contributed by atoms with van der Waals surface area (Å²) in [6.45, 7) is 4.44. The van der Waals surface area contributed by atoms with Crippen LogP contribution in [0.2, 0.25) is 0 Å². The second-order valence-electron chi connectivity index (χ2n) is 14.8. The van der Waals surface area contributed by atoms with Gasteiger partial charge in [-0.25, -0.2) is 0 Å². The first-order chi connectivity index (χ1) is 26.1. The molecule has 54 heavy (non-hydrogen) atoms. The van der Waals surface area contributed by atoms with E-state index in [0.29, 0.717) is 12.8 Å². The van der Waals surface area contributed by atoms with Crippen LogP contribution < -0.4 is 5.11 Å². The average Bonchev–Trinajstić information content (AvgIpc) is 3.12. The Morgan fingerprint density at radius 1 is 0.574 bits per heavy atom. The molecule has 2 atom stereocenters. The van der Waals surface area contributed by atoms with Crippen LogP contribution in [0.15, 0.2) is 72.9 Å². The lowest BCUT2D eigenvalue weighted by atomic mass is 10.1. The molecular weight excluding hydrogens is 679 g/mol. The number of carboxylic acids is 1. The summed E-state index contributed by atoms with van der Waals surface area (Å²) in [5, 5.41) is 11.6. The van der Waals surface area contributed by atoms with Gasteiger partial charge in [0.15, 0.2) is 6.10 Å². The molecule has 0 aliphatic carbocycles. The van der Waals surface area contributed by atoms with Crippen LogP contribution >= 0.6 is 0 Å². The number of hydrogen-bond donors (Lipinski definition) is 0. The minimum Gasteiger partial charge on any atom is -0.544 e. The van der Waals surface area contributed by atoms with Crippen LogP contribution in [0.5, 0.6) is 0 Å². The number of likely N-dealkylation sites (N-methyl/N-ethyl adjacent to an activating group) is 1. The summed E-state index contributed by atoms with van der Waals surface area (Å²) in [4.78, 5) is 36.7. The molecule has 0 aromatic carbocycles. The van der Waals surface area contributed by atoms with E-state index in [1.54, 1.807) is 21.1 Å². The zero-order valence-corrected chi connectivity index (χ0v) is 34.9. The van der Waals surface area contributed by atoms with Gasteiger partial charge in [-0.05, 0) is 77.0 Å². The fourth-order valence-electron chi connectivity index (χ4n) is 5.57. The molecule has 8 nitrogen and oxygen atoms in total. The van der Waals surface area contributed by atoms with E-state index in [-0.39, 0.29) is 49.1 Å². The number of nitrogens with zero attached hydrogens (tertiary/aromatic N) is 1. The van der Waals surface area contributed by atoms with E-state index in [2.05, 4.69) is 86.8 Å². The van der Waals surface area contributed by atoms with Crippen LogP contribution in [-0.4, -0.2) is 75.5 Å². The molecule has 0 amide bonds. The molecule has 8 heteroatoms. The number of quaternary nitrogens is 1. The minimum absolute atomic E-state index is 0.0118. The molecular formula is C46H77NO7. The van der Waals surface area contributed by atoms with Crippen LogP contribution in [0.1, 0.15) is 149 Å². The fourth-order valence-corrected chi connectivity index (χ4v) is 5.57. The summed E-state index contributed by atoms with van der Waals surface area (Å²) >= 11 is 0. The Labute approximate surface area is 330 Å². The molecule has 0 radical (unpaired) electrons. The number of allylic oxidation sites excluding steroid dienone is 12. The molecule has 0 heterocycles. The number of rotatable bonds is 36. The third-order valence-corrected chi connectivity index (χ3v) is 8.83. The number of hydrogen-bond acceptors (Lipinski definition) is 7. The van der Waals surface area contributed by atoms with Crippen LogP contribution in [0.3, 0.4) is 0 Å². The summed E-state index contributed by atoms with van der Waals surface area (Å²) in [7, 11) is 5.37. The van der Waals surface area contributed by atoms with E-state index in [9.17, 15) is 19.5 Å². The molecule has 0 aliphatic heterocycles. The van der Waals surface area contributed by atoms with Crippen molar-refractivity contribution in [2.45, 2.75) is 161 Å². The van der Waals surface area contributed by atoms with E-state index in [1.807, 2.05) is 0 Å². The molecule has 0 bridgehead atoms. The minimum atomic E-state index is -1.14. The average molecular weight is 756 g/mol. The smallest absolute Gasteiger partial charge is 0.306 e. The largest absolute Gasteiger partial charge is 0.544 e. The molecule has 0 spiro atoms. The van der Waals surface area contributed by atoms with Crippen LogP contribution in [-0.2, 0) is 28.6 Å². The molecule has 0 fully saturated rings. The van der Waals surface area contributed by atoms with Gasteiger partial charge in [0, 0.05) is 19.3 Å². The van der Waals surface area contributed by atoms with Crippen molar-refractivity contribution in [1.82, 2.24) is 0 Å². The van der Waals surface area contributed by atoms with Crippen molar-refractivity contribution in [3.8, 4) is 0 Å². The van der Waals surface area contributed by atoms with Gasteiger partial charge in [0.25, 0.3) is 0 Å². The topological polar surface area (TPSA) is 102 Å². The summed E-state index contributed by atoms with van der Waals surface area (Å²) in [6.07, 6.45) is 45.0. The van der Waals surface area contributed by atoms with Crippen molar-refractivity contribution >= 4 is 17.9 Å². The highest BCUT2D eigenvalue weighted by molar-refractivity contribution is 5.70. The van der Waals surface area contributed by atoms with Gasteiger partial charge < -0.3 is 28.6 Å². The maximum Gasteiger partial charge on any atom is 0.306 e. The Bertz CT molecular complexity index is 1110. The van der Waals surface area contributed by atoms with E-state index in [0.717, 1.165) is 70.6 Å². The zero-order chi connectivity index (χ0) is 40.0. The first-order valence-corrected chi connectivity index (χ1v) is 21.0. The highest BCUT2D eigenvalue weighted by atomic mass is 16.6. The van der Waals surface area contributed by atoms with Gasteiger partial charge in [-0.3, -0.25) is 9.59 Å². The molecule has 0 aromatic heterocycles. The summed E-state index contributed by atoms with van der Waals surface area (Å²) in [5.74, 6) is -1.83. The van der Waals surface area contributed by atoms with Gasteiger partial charge in [-0.2, -0.15) is 0 Å². The highest BCUT2D eigenvalue weighted by Gasteiger charge is 2.25. The van der Waals surface area contributed by atoms with Gasteiger partial charge in [0.05, 0.1) is 40.3 Å². The molecule has 0 N–H and O–H groups in total. The Morgan fingerprint density at radius 2 is 1.06 bits per heavy atom. The summed E-state index contributed by atoms with van der Waals surface area (Å²) < 4.78 is 17.1. The third-order valence-electron chi connectivity index (χ3n) is 8.83. The normalized spacial score (nSPS) is 13.7. The van der Waals surface area contributed by atoms with Gasteiger partial charge in [-0.1, -0.05) is 125 Å². The van der Waals surface area contributed by atoms with Crippen molar-refractivity contribution in [2.75, 3.05) is 41.0 Å². The lowest BCUT2D eigenvalue weighted by Crippen LogP contribution is -2.55. The number of carboxylic acid groups (broad SMARTS) is 1. The molecule has 308 valence electrons. The first-order valence-electron chi connectivity index (χ1n) is 21.0. The molecule has 0 saturated carbocycles. The maximum absolute atomic E-state index is 12.7. The number of carbonyl (C=O) groups excluding carboxylic acids is 3. The molecule has 0 aliphatic rings. The maximum atomic E-state index is 12.7. The number of esters is 2. The van der Waals surface area contributed by atoms with E-state index >= 15 is 0 Å². The zero-order valence-electron chi connectivity index (χ0n) is 34.9. The quantitative estimate of drug-likeness (QED) is 0.0272. The molecule has 2 unspecified atom stereocenters. The number of carbonyl (C=O) groups is 3. The van der Waals surface area contributed by atoms with Gasteiger partial charge in [0.2, 0.25) is 0 Å². The monoisotopic (exact) mass is 756 g/mol. The van der Waals surface area contributed by atoms with E-state index < -0.39 is 18.1 Å². The highest BCUT2D eigenvalue weighted by Crippen LogP contribution is 2.12. The first kappa shape index (κ1) is 50.8. The lowest BCUT2D eigenvalue weighted by Gasteiger charge is -2.34. The van der Waals surface area contributed by atoms with Crippen molar-refractivity contribution in [2.24, 2.45) is 0 Å². The lowest BCUT2D eigenvalue weighted by molar-refractivity contribution is -0.889. The Morgan fingerprint density at radius 3 is 1.61 bits per heavy atom. The second-order valence-corrected chi connectivity index (χ2v) is 14.8. The fraction of sp³-hybridized carbons (Fsp3) is 0.674.